The zero-order chi connectivity index (χ0) is 23.5. The van der Waals surface area contributed by atoms with Crippen LogP contribution >= 0.6 is 0 Å². The van der Waals surface area contributed by atoms with Gasteiger partial charge in [0.25, 0.3) is 0 Å². The molecule has 6 atom stereocenters. The molecule has 0 heterocycles. The molecule has 32 heavy (non-hydrogen) atoms. The fourth-order valence-corrected chi connectivity index (χ4v) is 6.75. The summed E-state index contributed by atoms with van der Waals surface area (Å²) in [5.74, 6) is 1.74. The zero-order valence-electron chi connectivity index (χ0n) is 20.7. The summed E-state index contributed by atoms with van der Waals surface area (Å²) in [5.41, 5.74) is 2.65. The van der Waals surface area contributed by atoms with E-state index in [-0.39, 0.29) is 6.42 Å². The fraction of sp³-hybridized carbons (Fsp3) is 0.724. The van der Waals surface area contributed by atoms with Gasteiger partial charge < -0.3 is 10.2 Å². The lowest BCUT2D eigenvalue weighted by Crippen LogP contribution is -2.35. The van der Waals surface area contributed by atoms with E-state index in [2.05, 4.69) is 52.5 Å². The van der Waals surface area contributed by atoms with Crippen LogP contribution in [0.5, 0.6) is 0 Å². The number of alkyl halides is 1. The molecule has 3 aliphatic carbocycles. The van der Waals surface area contributed by atoms with Crippen molar-refractivity contribution in [3.63, 3.8) is 0 Å². The second-order valence-corrected chi connectivity index (χ2v) is 11.0. The van der Waals surface area contributed by atoms with E-state index in [1.165, 1.54) is 31.3 Å². The lowest BCUT2D eigenvalue weighted by molar-refractivity contribution is 0.0351. The summed E-state index contributed by atoms with van der Waals surface area (Å²) < 4.78 is 14.1. The Morgan fingerprint density at radius 1 is 1.25 bits per heavy atom. The van der Waals surface area contributed by atoms with E-state index in [0.717, 1.165) is 31.3 Å². The highest BCUT2D eigenvalue weighted by atomic mass is 19.1. The Morgan fingerprint density at radius 3 is 2.66 bits per heavy atom. The van der Waals surface area contributed by atoms with Crippen molar-refractivity contribution in [2.45, 2.75) is 110 Å². The smallest absolute Gasteiger partial charge is 0.127 e. The van der Waals surface area contributed by atoms with Gasteiger partial charge in [0.1, 0.15) is 6.17 Å². The molecule has 0 radical (unpaired) electrons. The van der Waals surface area contributed by atoms with Crippen LogP contribution in [0.1, 0.15) is 91.9 Å². The van der Waals surface area contributed by atoms with E-state index in [1.807, 2.05) is 6.08 Å². The normalized spacial score (nSPS) is 37.4. The molecule has 3 rings (SSSR count). The third-order valence-electron chi connectivity index (χ3n) is 9.15. The molecule has 0 aromatic carbocycles. The van der Waals surface area contributed by atoms with Crippen molar-refractivity contribution in [3.05, 3.63) is 47.6 Å². The van der Waals surface area contributed by atoms with Crippen LogP contribution in [0, 0.1) is 23.2 Å². The predicted molar refractivity (Wildman–Crippen MR) is 132 cm³/mol. The number of hydrogen-bond donors (Lipinski definition) is 2. The topological polar surface area (TPSA) is 40.5 Å². The predicted octanol–water partition coefficient (Wildman–Crippen LogP) is 7.24. The molecule has 0 aromatic heterocycles. The third-order valence-corrected chi connectivity index (χ3v) is 9.15. The van der Waals surface area contributed by atoms with E-state index in [0.29, 0.717) is 35.2 Å². The summed E-state index contributed by atoms with van der Waals surface area (Å²) in [7, 11) is 0. The summed E-state index contributed by atoms with van der Waals surface area (Å²) in [6, 6.07) is 0. The minimum absolute atomic E-state index is 0.175. The molecular weight excluding hydrogens is 399 g/mol. The standard InChI is InChI=1S/C29H45FO2/c1-6-29(32,7-2)17-8-10-20(3)25-14-15-26-22(11-9-16-28(25,26)5)12-13-23-18-24(31)19-27(30)21(23)4/h8,10,12-13,20,24-27,31-32H,4,6-7,9,11,14-19H2,1-3,5H3. The minimum Gasteiger partial charge on any atom is -0.393 e. The number of aliphatic hydroxyl groups excluding tert-OH is 1. The van der Waals surface area contributed by atoms with Gasteiger partial charge in [-0.3, -0.25) is 0 Å². The van der Waals surface area contributed by atoms with Crippen molar-refractivity contribution < 1.29 is 14.6 Å². The van der Waals surface area contributed by atoms with Crippen molar-refractivity contribution in [2.24, 2.45) is 23.2 Å². The Labute approximate surface area is 195 Å². The molecule has 3 heteroatoms. The second kappa shape index (κ2) is 10.4. The Balaban J connectivity index is 1.72. The summed E-state index contributed by atoms with van der Waals surface area (Å²) in [6.45, 7) is 12.9. The van der Waals surface area contributed by atoms with Crippen LogP contribution in [0.15, 0.2) is 47.6 Å². The summed E-state index contributed by atoms with van der Waals surface area (Å²) in [4.78, 5) is 0. The lowest BCUT2D eigenvalue weighted by Gasteiger charge is -2.44. The molecular formula is C29H45FO2. The second-order valence-electron chi connectivity index (χ2n) is 11.0. The maximum Gasteiger partial charge on any atom is 0.127 e. The first-order valence-corrected chi connectivity index (χ1v) is 12.9. The fourth-order valence-electron chi connectivity index (χ4n) is 6.75. The van der Waals surface area contributed by atoms with Gasteiger partial charge in [0.2, 0.25) is 0 Å². The molecule has 2 nitrogen and oxygen atoms in total. The van der Waals surface area contributed by atoms with Crippen molar-refractivity contribution in [3.8, 4) is 0 Å². The number of rotatable bonds is 7. The van der Waals surface area contributed by atoms with Gasteiger partial charge >= 0.3 is 0 Å². The average molecular weight is 445 g/mol. The first kappa shape index (κ1) is 25.4. The molecule has 0 bridgehead atoms. The molecule has 3 fully saturated rings. The van der Waals surface area contributed by atoms with E-state index < -0.39 is 17.9 Å². The van der Waals surface area contributed by atoms with Gasteiger partial charge in [-0.2, -0.15) is 0 Å². The van der Waals surface area contributed by atoms with E-state index in [4.69, 9.17) is 0 Å². The summed E-state index contributed by atoms with van der Waals surface area (Å²) in [6.07, 6.45) is 16.2. The molecule has 6 unspecified atom stereocenters. The SMILES string of the molecule is C=C1C(=CC=C2CCCC3(C)C2CCC3C(C)C=CCC(O)(CC)CC)CC(O)CC1F. The van der Waals surface area contributed by atoms with Crippen LogP contribution in [0.2, 0.25) is 0 Å². The number of fused-ring (bicyclic) bond motifs is 1. The Bertz CT molecular complexity index is 759. The quantitative estimate of drug-likeness (QED) is 0.406. The highest BCUT2D eigenvalue weighted by Crippen LogP contribution is 2.59. The molecule has 3 aliphatic rings. The van der Waals surface area contributed by atoms with Crippen LogP contribution in [0.3, 0.4) is 0 Å². The number of allylic oxidation sites excluding steroid dienone is 5. The zero-order valence-corrected chi connectivity index (χ0v) is 20.7. The van der Waals surface area contributed by atoms with Crippen molar-refractivity contribution in [1.29, 1.82) is 0 Å². The van der Waals surface area contributed by atoms with Gasteiger partial charge in [-0.05, 0) is 92.1 Å². The number of aliphatic hydroxyl groups is 2. The van der Waals surface area contributed by atoms with Crippen molar-refractivity contribution in [1.82, 2.24) is 0 Å². The molecule has 0 saturated heterocycles. The van der Waals surface area contributed by atoms with Crippen LogP contribution in [-0.2, 0) is 0 Å². The summed E-state index contributed by atoms with van der Waals surface area (Å²) >= 11 is 0. The van der Waals surface area contributed by atoms with Gasteiger partial charge in [-0.15, -0.1) is 0 Å². The van der Waals surface area contributed by atoms with Crippen molar-refractivity contribution >= 4 is 0 Å². The molecule has 3 saturated carbocycles. The largest absolute Gasteiger partial charge is 0.393 e. The van der Waals surface area contributed by atoms with Crippen LogP contribution < -0.4 is 0 Å². The average Bonchev–Trinajstić information content (AvgIpc) is 3.12. The molecule has 180 valence electrons. The van der Waals surface area contributed by atoms with E-state index in [1.54, 1.807) is 0 Å². The Kier molecular flexibility index (Phi) is 8.25. The molecule has 0 aliphatic heterocycles. The molecule has 2 N–H and O–H groups in total. The lowest BCUT2D eigenvalue weighted by atomic mass is 9.61. The van der Waals surface area contributed by atoms with Gasteiger partial charge in [0, 0.05) is 6.42 Å². The maximum atomic E-state index is 14.1. The van der Waals surface area contributed by atoms with E-state index >= 15 is 0 Å². The highest BCUT2D eigenvalue weighted by molar-refractivity contribution is 5.38. The monoisotopic (exact) mass is 444 g/mol. The number of hydrogen-bond acceptors (Lipinski definition) is 2. The van der Waals surface area contributed by atoms with Gasteiger partial charge in [-0.25, -0.2) is 4.39 Å². The Hall–Kier alpha value is -1.19. The molecule has 0 aromatic rings. The van der Waals surface area contributed by atoms with Crippen LogP contribution in [-0.4, -0.2) is 28.1 Å². The van der Waals surface area contributed by atoms with Gasteiger partial charge in [-0.1, -0.05) is 64.2 Å². The summed E-state index contributed by atoms with van der Waals surface area (Å²) in [5, 5.41) is 20.6. The van der Waals surface area contributed by atoms with Crippen LogP contribution in [0.4, 0.5) is 4.39 Å². The molecule has 0 amide bonds. The molecule has 0 spiro atoms. The Morgan fingerprint density at radius 2 is 1.97 bits per heavy atom. The first-order chi connectivity index (χ1) is 15.1. The van der Waals surface area contributed by atoms with Crippen molar-refractivity contribution in [2.75, 3.05) is 0 Å². The first-order valence-electron chi connectivity index (χ1n) is 12.9. The number of halogens is 1. The maximum absolute atomic E-state index is 14.1. The van der Waals surface area contributed by atoms with Gasteiger partial charge in [0.05, 0.1) is 11.7 Å². The van der Waals surface area contributed by atoms with E-state index in [9.17, 15) is 14.6 Å². The van der Waals surface area contributed by atoms with Crippen LogP contribution in [0.25, 0.3) is 0 Å². The third kappa shape index (κ3) is 5.30. The minimum atomic E-state index is -1.12. The van der Waals surface area contributed by atoms with Gasteiger partial charge in [0.15, 0.2) is 0 Å². The highest BCUT2D eigenvalue weighted by Gasteiger charge is 2.50.